The second-order valence-corrected chi connectivity index (χ2v) is 11.3. The van der Waals surface area contributed by atoms with Crippen LogP contribution in [-0.2, 0) is 22.4 Å². The molecule has 0 bridgehead atoms. The molecule has 6 nitrogen and oxygen atoms in total. The van der Waals surface area contributed by atoms with Crippen molar-refractivity contribution in [2.24, 2.45) is 0 Å². The van der Waals surface area contributed by atoms with Gasteiger partial charge in [-0.25, -0.2) is 4.98 Å². The largest absolute Gasteiger partial charge is 0.322 e. The Morgan fingerprint density at radius 1 is 0.902 bits per heavy atom. The first-order valence-electron chi connectivity index (χ1n) is 14.2. The number of benzene rings is 2. The summed E-state index contributed by atoms with van der Waals surface area (Å²) in [7, 11) is 0. The molecule has 2 amide bonds. The second kappa shape index (κ2) is 11.4. The molecule has 1 aliphatic heterocycles. The lowest BCUT2D eigenvalue weighted by Gasteiger charge is -2.21. The van der Waals surface area contributed by atoms with E-state index in [1.165, 1.54) is 0 Å². The monoisotopic (exact) mass is 564 g/mol. The molecule has 0 saturated carbocycles. The third-order valence-electron chi connectivity index (χ3n) is 8.09. The van der Waals surface area contributed by atoms with E-state index in [1.54, 1.807) is 0 Å². The van der Waals surface area contributed by atoms with Gasteiger partial charge in [0.2, 0.25) is 5.91 Å². The van der Waals surface area contributed by atoms with Gasteiger partial charge in [0.05, 0.1) is 12.1 Å². The Hall–Kier alpha value is -4.16. The molecule has 2 aromatic heterocycles. The van der Waals surface area contributed by atoms with E-state index < -0.39 is 0 Å². The van der Waals surface area contributed by atoms with E-state index in [1.807, 2.05) is 65.6 Å². The number of nitrogens with zero attached hydrogens (tertiary/aromatic N) is 3. The zero-order chi connectivity index (χ0) is 28.5. The molecule has 2 aliphatic rings. The lowest BCUT2D eigenvalue weighted by atomic mass is 9.87. The number of nitrogens with one attached hydrogen (secondary N) is 1. The zero-order valence-electron chi connectivity index (χ0n) is 23.4. The molecule has 208 valence electrons. The number of amides is 2. The number of hydrogen-bond donors (Lipinski definition) is 1. The topological polar surface area (TPSA) is 67.2 Å². The van der Waals surface area contributed by atoms with Crippen LogP contribution < -0.4 is 10.2 Å². The van der Waals surface area contributed by atoms with Gasteiger partial charge in [0, 0.05) is 39.9 Å². The summed E-state index contributed by atoms with van der Waals surface area (Å²) in [6.07, 6.45) is 4.70. The number of carbonyl (C=O) groups excluding carboxylic acids is 2. The quantitative estimate of drug-likeness (QED) is 0.268. The van der Waals surface area contributed by atoms with Gasteiger partial charge in [-0.05, 0) is 117 Å². The van der Waals surface area contributed by atoms with Gasteiger partial charge in [-0.15, -0.1) is 0 Å². The molecule has 0 unspecified atom stereocenters. The number of aryl methyl sites for hydroxylation is 2. The molecule has 0 saturated heterocycles. The van der Waals surface area contributed by atoms with Crippen molar-refractivity contribution < 1.29 is 9.59 Å². The maximum atomic E-state index is 13.4. The van der Waals surface area contributed by atoms with Gasteiger partial charge >= 0.3 is 0 Å². The van der Waals surface area contributed by atoms with Crippen LogP contribution in [0.3, 0.4) is 0 Å². The van der Waals surface area contributed by atoms with Crippen LogP contribution in [0.4, 0.5) is 11.4 Å². The molecule has 0 fully saturated rings. The molecule has 7 heteroatoms. The van der Waals surface area contributed by atoms with E-state index in [0.717, 1.165) is 88.7 Å². The van der Waals surface area contributed by atoms with E-state index >= 15 is 0 Å². The number of fused-ring (bicyclic) bond motifs is 1. The van der Waals surface area contributed by atoms with E-state index in [0.29, 0.717) is 11.6 Å². The van der Waals surface area contributed by atoms with E-state index in [4.69, 9.17) is 16.6 Å². The maximum absolute atomic E-state index is 13.4. The molecular weight excluding hydrogens is 532 g/mol. The minimum Gasteiger partial charge on any atom is -0.322 e. The van der Waals surface area contributed by atoms with Crippen LogP contribution >= 0.6 is 11.6 Å². The summed E-state index contributed by atoms with van der Waals surface area (Å²) in [6.45, 7) is 4.72. The Bertz CT molecular complexity index is 1650. The standard InChI is InChI=1S/C34H33ClN4O2/c1-22-10-11-23(2)39(22)32-9-5-6-27(36-32)21-33(40)38-19-18-25-20-28(16-17-31(25)38)37-34(41)30-8-4-3-7-29(30)24-12-14-26(35)15-13-24/h5-6,9-17,20H,3-4,7-8,18-19,21H2,1-2H3,(H,37,41). The smallest absolute Gasteiger partial charge is 0.251 e. The van der Waals surface area contributed by atoms with E-state index in [9.17, 15) is 9.59 Å². The number of hydrogen-bond acceptors (Lipinski definition) is 3. The predicted octanol–water partition coefficient (Wildman–Crippen LogP) is 7.24. The van der Waals surface area contributed by atoms with Crippen molar-refractivity contribution in [1.29, 1.82) is 0 Å². The second-order valence-electron chi connectivity index (χ2n) is 10.9. The third kappa shape index (κ3) is 5.57. The number of halogens is 1. The Kier molecular flexibility index (Phi) is 7.50. The fourth-order valence-electron chi connectivity index (χ4n) is 6.04. The number of rotatable bonds is 6. The molecule has 0 radical (unpaired) electrons. The summed E-state index contributed by atoms with van der Waals surface area (Å²) in [5, 5.41) is 3.81. The summed E-state index contributed by atoms with van der Waals surface area (Å²) >= 11 is 6.09. The average Bonchev–Trinajstić information content (AvgIpc) is 3.55. The molecule has 6 rings (SSSR count). The molecule has 3 heterocycles. The molecule has 1 aliphatic carbocycles. The first-order chi connectivity index (χ1) is 19.9. The molecular formula is C34H33ClN4O2. The summed E-state index contributed by atoms with van der Waals surface area (Å²) in [5.74, 6) is 0.788. The highest BCUT2D eigenvalue weighted by Crippen LogP contribution is 2.35. The fourth-order valence-corrected chi connectivity index (χ4v) is 6.17. The highest BCUT2D eigenvalue weighted by atomic mass is 35.5. The molecule has 0 atom stereocenters. The predicted molar refractivity (Wildman–Crippen MR) is 165 cm³/mol. The van der Waals surface area contributed by atoms with Crippen molar-refractivity contribution in [1.82, 2.24) is 9.55 Å². The number of carbonyl (C=O) groups is 2. The molecule has 0 spiro atoms. The summed E-state index contributed by atoms with van der Waals surface area (Å²) < 4.78 is 2.09. The minimum atomic E-state index is -0.0559. The van der Waals surface area contributed by atoms with Crippen molar-refractivity contribution in [2.75, 3.05) is 16.8 Å². The normalized spacial score (nSPS) is 14.8. The van der Waals surface area contributed by atoms with Crippen LogP contribution in [0.1, 0.15) is 53.9 Å². The van der Waals surface area contributed by atoms with Crippen LogP contribution in [0.5, 0.6) is 0 Å². The average molecular weight is 565 g/mol. The highest BCUT2D eigenvalue weighted by Gasteiger charge is 2.26. The van der Waals surface area contributed by atoms with Crippen molar-refractivity contribution in [3.8, 4) is 5.82 Å². The van der Waals surface area contributed by atoms with Gasteiger partial charge < -0.3 is 14.8 Å². The SMILES string of the molecule is Cc1ccc(C)n1-c1cccc(CC(=O)N2CCc3cc(NC(=O)C4=C(c5ccc(Cl)cc5)CCCC4)ccc32)n1. The van der Waals surface area contributed by atoms with Crippen molar-refractivity contribution >= 4 is 40.4 Å². The summed E-state index contributed by atoms with van der Waals surface area (Å²) in [4.78, 5) is 33.4. The Morgan fingerprint density at radius 2 is 1.66 bits per heavy atom. The van der Waals surface area contributed by atoms with Crippen LogP contribution in [0, 0.1) is 13.8 Å². The van der Waals surface area contributed by atoms with Gasteiger partial charge in [-0.3, -0.25) is 9.59 Å². The van der Waals surface area contributed by atoms with Crippen LogP contribution in [0.2, 0.25) is 5.02 Å². The molecule has 41 heavy (non-hydrogen) atoms. The summed E-state index contributed by atoms with van der Waals surface area (Å²) in [6, 6.07) is 23.5. The van der Waals surface area contributed by atoms with Crippen LogP contribution in [0.25, 0.3) is 11.4 Å². The van der Waals surface area contributed by atoms with Gasteiger partial charge in [0.15, 0.2) is 0 Å². The van der Waals surface area contributed by atoms with Crippen molar-refractivity contribution in [3.05, 3.63) is 112 Å². The van der Waals surface area contributed by atoms with E-state index in [-0.39, 0.29) is 18.2 Å². The maximum Gasteiger partial charge on any atom is 0.251 e. The van der Waals surface area contributed by atoms with Gasteiger partial charge in [0.25, 0.3) is 5.91 Å². The lowest BCUT2D eigenvalue weighted by molar-refractivity contribution is -0.118. The fraction of sp³-hybridized carbons (Fsp3) is 0.265. The van der Waals surface area contributed by atoms with Crippen molar-refractivity contribution in [3.63, 3.8) is 0 Å². The van der Waals surface area contributed by atoms with Crippen LogP contribution in [-0.4, -0.2) is 27.9 Å². The van der Waals surface area contributed by atoms with Gasteiger partial charge in [-0.1, -0.05) is 29.8 Å². The zero-order valence-corrected chi connectivity index (χ0v) is 24.2. The highest BCUT2D eigenvalue weighted by molar-refractivity contribution is 6.30. The van der Waals surface area contributed by atoms with Crippen LogP contribution in [0.15, 0.2) is 78.4 Å². The summed E-state index contributed by atoms with van der Waals surface area (Å²) in [5.41, 5.74) is 8.68. The van der Waals surface area contributed by atoms with E-state index in [2.05, 4.69) is 35.9 Å². The Labute approximate surface area is 245 Å². The number of allylic oxidation sites excluding steroid dienone is 1. The Morgan fingerprint density at radius 3 is 2.44 bits per heavy atom. The number of aromatic nitrogens is 2. The van der Waals surface area contributed by atoms with Crippen molar-refractivity contribution in [2.45, 2.75) is 52.4 Å². The molecule has 4 aromatic rings. The minimum absolute atomic E-state index is 0.0195. The Balaban J connectivity index is 1.16. The molecule has 2 aromatic carbocycles. The number of anilines is 2. The van der Waals surface area contributed by atoms with Gasteiger partial charge in [-0.2, -0.15) is 0 Å². The third-order valence-corrected chi connectivity index (χ3v) is 8.35. The lowest BCUT2D eigenvalue weighted by Crippen LogP contribution is -2.30. The van der Waals surface area contributed by atoms with Gasteiger partial charge in [0.1, 0.15) is 5.82 Å². The first kappa shape index (κ1) is 27.0. The first-order valence-corrected chi connectivity index (χ1v) is 14.6. The molecule has 1 N–H and O–H groups in total. The number of pyridine rings is 1.